The highest BCUT2D eigenvalue weighted by Crippen LogP contribution is 2.35. The quantitative estimate of drug-likeness (QED) is 0.730. The SMILES string of the molecule is COc1ccc(N2CC(CN3CCC(O)(c4ccc(Cl)cc4)CC3)OC2=O)cc1OC. The van der Waals surface area contributed by atoms with E-state index >= 15 is 0 Å². The Morgan fingerprint density at radius 3 is 2.42 bits per heavy atom. The first kappa shape index (κ1) is 21.7. The molecule has 2 aliphatic heterocycles. The summed E-state index contributed by atoms with van der Waals surface area (Å²) < 4.78 is 16.2. The van der Waals surface area contributed by atoms with Gasteiger partial charge in [-0.2, -0.15) is 0 Å². The summed E-state index contributed by atoms with van der Waals surface area (Å²) in [6.07, 6.45) is 0.637. The Morgan fingerprint density at radius 1 is 1.10 bits per heavy atom. The van der Waals surface area contributed by atoms with E-state index in [1.165, 1.54) is 0 Å². The highest BCUT2D eigenvalue weighted by molar-refractivity contribution is 6.30. The molecular formula is C23H27ClN2O5. The molecule has 0 spiro atoms. The smallest absolute Gasteiger partial charge is 0.414 e. The van der Waals surface area contributed by atoms with E-state index in [4.69, 9.17) is 25.8 Å². The molecule has 1 atom stereocenters. The predicted molar refractivity (Wildman–Crippen MR) is 118 cm³/mol. The number of rotatable bonds is 6. The second-order valence-corrected chi connectivity index (χ2v) is 8.43. The lowest BCUT2D eigenvalue weighted by molar-refractivity contribution is -0.0324. The molecule has 2 aliphatic rings. The molecule has 8 heteroatoms. The van der Waals surface area contributed by atoms with Crippen LogP contribution in [0.5, 0.6) is 11.5 Å². The number of methoxy groups -OCH3 is 2. The molecule has 2 saturated heterocycles. The summed E-state index contributed by atoms with van der Waals surface area (Å²) in [6.45, 7) is 2.55. The fourth-order valence-corrected chi connectivity index (χ4v) is 4.39. The van der Waals surface area contributed by atoms with Crippen LogP contribution >= 0.6 is 11.6 Å². The van der Waals surface area contributed by atoms with Crippen LogP contribution in [0.3, 0.4) is 0 Å². The Labute approximate surface area is 187 Å². The van der Waals surface area contributed by atoms with Gasteiger partial charge in [0.25, 0.3) is 0 Å². The number of hydrogen-bond acceptors (Lipinski definition) is 6. The number of ether oxygens (including phenoxy) is 3. The van der Waals surface area contributed by atoms with Gasteiger partial charge in [-0.3, -0.25) is 9.80 Å². The van der Waals surface area contributed by atoms with E-state index in [1.54, 1.807) is 31.3 Å². The lowest BCUT2D eigenvalue weighted by Crippen LogP contribution is -2.45. The molecule has 7 nitrogen and oxygen atoms in total. The van der Waals surface area contributed by atoms with Gasteiger partial charge in [-0.25, -0.2) is 4.79 Å². The van der Waals surface area contributed by atoms with Crippen LogP contribution in [0.25, 0.3) is 0 Å². The van der Waals surface area contributed by atoms with E-state index in [0.29, 0.717) is 48.1 Å². The first-order chi connectivity index (χ1) is 14.9. The van der Waals surface area contributed by atoms with Gasteiger partial charge >= 0.3 is 6.09 Å². The second kappa shape index (κ2) is 8.94. The minimum atomic E-state index is -0.848. The monoisotopic (exact) mass is 446 g/mol. The van der Waals surface area contributed by atoms with Gasteiger partial charge in [-0.05, 0) is 42.7 Å². The normalized spacial score (nSPS) is 21.1. The van der Waals surface area contributed by atoms with Crippen LogP contribution in [0.4, 0.5) is 10.5 Å². The van der Waals surface area contributed by atoms with E-state index in [9.17, 15) is 9.90 Å². The fourth-order valence-electron chi connectivity index (χ4n) is 4.26. The first-order valence-corrected chi connectivity index (χ1v) is 10.7. The highest BCUT2D eigenvalue weighted by atomic mass is 35.5. The Bertz CT molecular complexity index is 928. The summed E-state index contributed by atoms with van der Waals surface area (Å²) in [5.41, 5.74) is 0.753. The molecule has 1 unspecified atom stereocenters. The molecule has 31 heavy (non-hydrogen) atoms. The maximum Gasteiger partial charge on any atom is 0.414 e. The maximum absolute atomic E-state index is 12.5. The van der Waals surface area contributed by atoms with E-state index in [0.717, 1.165) is 18.7 Å². The lowest BCUT2D eigenvalue weighted by atomic mass is 9.84. The predicted octanol–water partition coefficient (Wildman–Crippen LogP) is 3.67. The minimum absolute atomic E-state index is 0.234. The molecule has 0 radical (unpaired) electrons. The Morgan fingerprint density at radius 2 is 1.77 bits per heavy atom. The van der Waals surface area contributed by atoms with Crippen molar-refractivity contribution in [1.29, 1.82) is 0 Å². The van der Waals surface area contributed by atoms with Crippen molar-refractivity contribution < 1.29 is 24.1 Å². The number of nitrogens with zero attached hydrogens (tertiary/aromatic N) is 2. The number of amides is 1. The first-order valence-electron chi connectivity index (χ1n) is 10.3. The van der Waals surface area contributed by atoms with Gasteiger partial charge in [-0.15, -0.1) is 0 Å². The average molecular weight is 447 g/mol. The third-order valence-corrected chi connectivity index (χ3v) is 6.33. The van der Waals surface area contributed by atoms with Crippen LogP contribution in [-0.2, 0) is 10.3 Å². The highest BCUT2D eigenvalue weighted by Gasteiger charge is 2.38. The molecule has 1 N–H and O–H groups in total. The van der Waals surface area contributed by atoms with Crippen molar-refractivity contribution >= 4 is 23.4 Å². The lowest BCUT2D eigenvalue weighted by Gasteiger charge is -2.39. The van der Waals surface area contributed by atoms with Crippen LogP contribution in [-0.4, -0.2) is 62.6 Å². The topological polar surface area (TPSA) is 71.5 Å². The Balaban J connectivity index is 1.35. The standard InChI is InChI=1S/C23H27ClN2O5/c1-29-20-8-7-18(13-21(20)30-2)26-15-19(31-22(26)27)14-25-11-9-23(28,10-12-25)16-3-5-17(24)6-4-16/h3-8,13,19,28H,9-12,14-15H2,1-2H3. The van der Waals surface area contributed by atoms with E-state index in [-0.39, 0.29) is 12.2 Å². The Kier molecular flexibility index (Phi) is 6.27. The molecule has 0 aliphatic carbocycles. The molecule has 2 fully saturated rings. The van der Waals surface area contributed by atoms with Crippen LogP contribution in [0.1, 0.15) is 18.4 Å². The van der Waals surface area contributed by atoms with Crippen molar-refractivity contribution in [2.75, 3.05) is 45.3 Å². The van der Waals surface area contributed by atoms with Gasteiger partial charge in [-0.1, -0.05) is 23.7 Å². The van der Waals surface area contributed by atoms with Crippen molar-refractivity contribution in [3.05, 3.63) is 53.1 Å². The summed E-state index contributed by atoms with van der Waals surface area (Å²) >= 11 is 5.97. The largest absolute Gasteiger partial charge is 0.493 e. The van der Waals surface area contributed by atoms with E-state index < -0.39 is 5.60 Å². The number of benzene rings is 2. The molecule has 4 rings (SSSR count). The van der Waals surface area contributed by atoms with Gasteiger partial charge in [0.1, 0.15) is 6.10 Å². The summed E-state index contributed by atoms with van der Waals surface area (Å²) in [4.78, 5) is 16.3. The number of carbonyl (C=O) groups is 1. The molecule has 2 heterocycles. The van der Waals surface area contributed by atoms with Gasteiger partial charge in [0.15, 0.2) is 11.5 Å². The molecule has 0 bridgehead atoms. The molecule has 2 aromatic rings. The van der Waals surface area contributed by atoms with Crippen molar-refractivity contribution in [1.82, 2.24) is 4.90 Å². The van der Waals surface area contributed by atoms with Gasteiger partial charge in [0, 0.05) is 30.7 Å². The third kappa shape index (κ3) is 4.59. The molecule has 1 amide bonds. The number of piperidine rings is 1. The summed E-state index contributed by atoms with van der Waals surface area (Å²) in [5, 5.41) is 11.7. The number of anilines is 1. The maximum atomic E-state index is 12.5. The zero-order chi connectivity index (χ0) is 22.0. The van der Waals surface area contributed by atoms with Gasteiger partial charge < -0.3 is 19.3 Å². The van der Waals surface area contributed by atoms with Crippen molar-refractivity contribution in [2.24, 2.45) is 0 Å². The van der Waals surface area contributed by atoms with Crippen molar-refractivity contribution in [3.63, 3.8) is 0 Å². The fraction of sp³-hybridized carbons (Fsp3) is 0.435. The second-order valence-electron chi connectivity index (χ2n) is 7.99. The Hall–Kier alpha value is -2.48. The number of halogens is 1. The number of hydrogen-bond donors (Lipinski definition) is 1. The zero-order valence-corrected chi connectivity index (χ0v) is 18.5. The van der Waals surface area contributed by atoms with E-state index in [2.05, 4.69) is 4.90 Å². The summed E-state index contributed by atoms with van der Waals surface area (Å²) in [7, 11) is 3.14. The number of likely N-dealkylation sites (tertiary alicyclic amines) is 1. The molecule has 2 aromatic carbocycles. The van der Waals surface area contributed by atoms with Crippen molar-refractivity contribution in [2.45, 2.75) is 24.5 Å². The van der Waals surface area contributed by atoms with Crippen molar-refractivity contribution in [3.8, 4) is 11.5 Å². The van der Waals surface area contributed by atoms with Crippen LogP contribution in [0.2, 0.25) is 5.02 Å². The molecule has 0 saturated carbocycles. The van der Waals surface area contributed by atoms with E-state index in [1.807, 2.05) is 30.3 Å². The van der Waals surface area contributed by atoms with Crippen LogP contribution < -0.4 is 14.4 Å². The minimum Gasteiger partial charge on any atom is -0.493 e. The molecule has 166 valence electrons. The third-order valence-electron chi connectivity index (χ3n) is 6.08. The van der Waals surface area contributed by atoms with Crippen LogP contribution in [0, 0.1) is 0 Å². The van der Waals surface area contributed by atoms with Crippen LogP contribution in [0.15, 0.2) is 42.5 Å². The zero-order valence-electron chi connectivity index (χ0n) is 17.7. The van der Waals surface area contributed by atoms with Gasteiger partial charge in [0.2, 0.25) is 0 Å². The number of aliphatic hydroxyl groups is 1. The molecular weight excluding hydrogens is 420 g/mol. The molecule has 0 aromatic heterocycles. The summed E-state index contributed by atoms with van der Waals surface area (Å²) in [5.74, 6) is 1.17. The summed E-state index contributed by atoms with van der Waals surface area (Å²) in [6, 6.07) is 12.8. The van der Waals surface area contributed by atoms with Gasteiger partial charge in [0.05, 0.1) is 32.1 Å². The number of carbonyl (C=O) groups excluding carboxylic acids is 1. The number of cyclic esters (lactones) is 1. The average Bonchev–Trinajstić information content (AvgIpc) is 3.15.